The molecule has 0 aliphatic carbocycles. The molecule has 0 spiro atoms. The molecule has 1 N–H and O–H groups in total. The topological polar surface area (TPSA) is 64.1 Å². The number of rotatable bonds is 7. The molecule has 0 radical (unpaired) electrons. The van der Waals surface area contributed by atoms with Crippen molar-refractivity contribution in [2.75, 3.05) is 11.9 Å². The normalized spacial score (nSPS) is 10.5. The number of hydrogen-bond donors (Lipinski definition) is 1. The van der Waals surface area contributed by atoms with Crippen LogP contribution >= 0.6 is 11.3 Å². The van der Waals surface area contributed by atoms with E-state index in [0.29, 0.717) is 18.2 Å². The third-order valence-electron chi connectivity index (χ3n) is 3.69. The van der Waals surface area contributed by atoms with E-state index in [1.165, 1.54) is 41.2 Å². The van der Waals surface area contributed by atoms with Gasteiger partial charge in [-0.3, -0.25) is 10.1 Å². The summed E-state index contributed by atoms with van der Waals surface area (Å²) in [6, 6.07) is 13.5. The second-order valence-electron chi connectivity index (χ2n) is 5.56. The van der Waals surface area contributed by atoms with Gasteiger partial charge in [0.15, 0.2) is 0 Å². The summed E-state index contributed by atoms with van der Waals surface area (Å²) in [6.45, 7) is 2.58. The first-order valence-corrected chi connectivity index (χ1v) is 9.06. The number of nitrogens with one attached hydrogen (secondary N) is 1. The van der Waals surface area contributed by atoms with E-state index >= 15 is 0 Å². The lowest BCUT2D eigenvalue weighted by molar-refractivity contribution is 0.102. The summed E-state index contributed by atoms with van der Waals surface area (Å²) in [5.41, 5.74) is 1.50. The van der Waals surface area contributed by atoms with Crippen molar-refractivity contribution in [2.45, 2.75) is 19.8 Å². The van der Waals surface area contributed by atoms with Gasteiger partial charge < -0.3 is 4.74 Å². The Labute approximate surface area is 154 Å². The molecule has 1 aromatic heterocycles. The number of hydrogen-bond acceptors (Lipinski definition) is 5. The zero-order chi connectivity index (χ0) is 18.4. The maximum absolute atomic E-state index is 13.2. The molecular weight excluding hydrogens is 353 g/mol. The van der Waals surface area contributed by atoms with Crippen LogP contribution in [0.3, 0.4) is 0 Å². The van der Waals surface area contributed by atoms with Crippen molar-refractivity contribution in [2.24, 2.45) is 0 Å². The minimum absolute atomic E-state index is 0.237. The van der Waals surface area contributed by atoms with E-state index in [0.717, 1.165) is 17.2 Å². The smallest absolute Gasteiger partial charge is 0.257 e. The zero-order valence-electron chi connectivity index (χ0n) is 14.2. The predicted molar refractivity (Wildman–Crippen MR) is 99.3 cm³/mol. The highest BCUT2D eigenvalue weighted by Gasteiger charge is 2.11. The molecule has 0 fully saturated rings. The van der Waals surface area contributed by atoms with Crippen LogP contribution in [0.5, 0.6) is 5.75 Å². The third-order valence-corrected chi connectivity index (χ3v) is 4.59. The predicted octanol–water partition coefficient (Wildman–Crippen LogP) is 4.11. The summed E-state index contributed by atoms with van der Waals surface area (Å²) >= 11 is 1.27. The summed E-state index contributed by atoms with van der Waals surface area (Å²) in [6.07, 6.45) is 1.58. The number of ether oxygens (including phenoxy) is 1. The summed E-state index contributed by atoms with van der Waals surface area (Å²) in [4.78, 5) is 12.1. The van der Waals surface area contributed by atoms with Crippen LogP contribution in [0.1, 0.15) is 27.9 Å². The number of nitrogens with zero attached hydrogens (tertiary/aromatic N) is 2. The highest BCUT2D eigenvalue weighted by Crippen LogP contribution is 2.18. The molecule has 5 nitrogen and oxygen atoms in total. The lowest BCUT2D eigenvalue weighted by atomic mass is 10.2. The average molecular weight is 371 g/mol. The average Bonchev–Trinajstić information content (AvgIpc) is 3.09. The number of carbonyl (C=O) groups excluding carboxylic acids is 1. The van der Waals surface area contributed by atoms with Gasteiger partial charge in [-0.15, -0.1) is 10.2 Å². The Morgan fingerprint density at radius 1 is 1.19 bits per heavy atom. The molecule has 0 aliphatic rings. The Balaban J connectivity index is 1.50. The molecule has 2 aromatic carbocycles. The molecular formula is C19H18FN3O2S. The van der Waals surface area contributed by atoms with Gasteiger partial charge >= 0.3 is 0 Å². The molecule has 26 heavy (non-hydrogen) atoms. The van der Waals surface area contributed by atoms with Gasteiger partial charge in [-0.25, -0.2) is 4.39 Å². The van der Waals surface area contributed by atoms with E-state index in [-0.39, 0.29) is 5.56 Å². The maximum atomic E-state index is 13.2. The quantitative estimate of drug-likeness (QED) is 0.679. The van der Waals surface area contributed by atoms with Gasteiger partial charge in [0.2, 0.25) is 5.13 Å². The molecule has 7 heteroatoms. The highest BCUT2D eigenvalue weighted by molar-refractivity contribution is 7.15. The van der Waals surface area contributed by atoms with Crippen LogP contribution in [-0.2, 0) is 12.8 Å². The molecule has 0 unspecified atom stereocenters. The number of halogens is 1. The summed E-state index contributed by atoms with van der Waals surface area (Å²) in [5.74, 6) is -0.0643. The van der Waals surface area contributed by atoms with E-state index in [4.69, 9.17) is 4.74 Å². The van der Waals surface area contributed by atoms with Gasteiger partial charge in [0.05, 0.1) is 6.61 Å². The first-order valence-electron chi connectivity index (χ1n) is 8.25. The largest absolute Gasteiger partial charge is 0.493 e. The Morgan fingerprint density at radius 2 is 2.00 bits per heavy atom. The zero-order valence-corrected chi connectivity index (χ0v) is 15.1. The Morgan fingerprint density at radius 3 is 2.73 bits per heavy atom. The minimum atomic E-state index is -0.459. The fourth-order valence-electron chi connectivity index (χ4n) is 2.28. The summed E-state index contributed by atoms with van der Waals surface area (Å²) < 4.78 is 18.9. The van der Waals surface area contributed by atoms with Crippen LogP contribution < -0.4 is 10.1 Å². The fourth-order valence-corrected chi connectivity index (χ4v) is 3.00. The van der Waals surface area contributed by atoms with Crippen LogP contribution in [-0.4, -0.2) is 22.7 Å². The van der Waals surface area contributed by atoms with Crippen LogP contribution in [0.2, 0.25) is 0 Å². The standard InChI is InChI=1S/C19H18FN3O2S/c1-2-13-6-8-16(9-7-13)25-11-10-17-22-23-19(26-17)21-18(24)14-4-3-5-15(20)12-14/h3-9,12H,2,10-11H2,1H3,(H,21,23,24). The molecule has 0 saturated carbocycles. The Kier molecular flexibility index (Phi) is 5.91. The van der Waals surface area contributed by atoms with E-state index in [9.17, 15) is 9.18 Å². The van der Waals surface area contributed by atoms with E-state index in [2.05, 4.69) is 22.4 Å². The van der Waals surface area contributed by atoms with Gasteiger partial charge in [0.25, 0.3) is 5.91 Å². The van der Waals surface area contributed by atoms with Gasteiger partial charge in [-0.2, -0.15) is 0 Å². The fraction of sp³-hybridized carbons (Fsp3) is 0.211. The molecule has 0 aliphatic heterocycles. The third kappa shape index (κ3) is 4.86. The first-order chi connectivity index (χ1) is 12.6. The minimum Gasteiger partial charge on any atom is -0.493 e. The van der Waals surface area contributed by atoms with Crippen molar-refractivity contribution in [1.29, 1.82) is 0 Å². The van der Waals surface area contributed by atoms with Crippen molar-refractivity contribution in [1.82, 2.24) is 10.2 Å². The first kappa shape index (κ1) is 18.0. The van der Waals surface area contributed by atoms with Crippen LogP contribution in [0.15, 0.2) is 48.5 Å². The molecule has 1 amide bonds. The number of anilines is 1. The summed E-state index contributed by atoms with van der Waals surface area (Å²) in [7, 11) is 0. The van der Waals surface area contributed by atoms with E-state index in [1.54, 1.807) is 0 Å². The molecule has 3 aromatic rings. The number of aryl methyl sites for hydroxylation is 1. The Bertz CT molecular complexity index is 881. The number of aromatic nitrogens is 2. The van der Waals surface area contributed by atoms with Gasteiger partial charge in [-0.05, 0) is 42.3 Å². The van der Waals surface area contributed by atoms with Crippen LogP contribution in [0.4, 0.5) is 9.52 Å². The van der Waals surface area contributed by atoms with Gasteiger partial charge in [-0.1, -0.05) is 36.5 Å². The second-order valence-corrected chi connectivity index (χ2v) is 6.62. The highest BCUT2D eigenvalue weighted by atomic mass is 32.1. The van der Waals surface area contributed by atoms with Crippen molar-refractivity contribution < 1.29 is 13.9 Å². The molecule has 134 valence electrons. The molecule has 3 rings (SSSR count). The van der Waals surface area contributed by atoms with Crippen LogP contribution in [0.25, 0.3) is 0 Å². The molecule has 1 heterocycles. The Hall–Kier alpha value is -2.80. The van der Waals surface area contributed by atoms with Crippen molar-refractivity contribution >= 4 is 22.4 Å². The second kappa shape index (κ2) is 8.53. The van der Waals surface area contributed by atoms with Gasteiger partial charge in [0, 0.05) is 12.0 Å². The summed E-state index contributed by atoms with van der Waals surface area (Å²) in [5, 5.41) is 11.7. The number of amides is 1. The van der Waals surface area contributed by atoms with E-state index < -0.39 is 11.7 Å². The SMILES string of the molecule is CCc1ccc(OCCc2nnc(NC(=O)c3cccc(F)c3)s2)cc1. The maximum Gasteiger partial charge on any atom is 0.257 e. The lowest BCUT2D eigenvalue weighted by Crippen LogP contribution is -2.11. The molecule has 0 atom stereocenters. The van der Waals surface area contributed by atoms with Gasteiger partial charge in [0.1, 0.15) is 16.6 Å². The number of benzene rings is 2. The van der Waals surface area contributed by atoms with Crippen LogP contribution in [0, 0.1) is 5.82 Å². The van der Waals surface area contributed by atoms with Crippen molar-refractivity contribution in [3.8, 4) is 5.75 Å². The number of carbonyl (C=O) groups is 1. The lowest BCUT2D eigenvalue weighted by Gasteiger charge is -2.05. The van der Waals surface area contributed by atoms with Crippen molar-refractivity contribution in [3.63, 3.8) is 0 Å². The van der Waals surface area contributed by atoms with E-state index in [1.807, 2.05) is 24.3 Å². The van der Waals surface area contributed by atoms with Crippen molar-refractivity contribution in [3.05, 3.63) is 70.5 Å². The molecule has 0 bridgehead atoms. The monoisotopic (exact) mass is 371 g/mol. The molecule has 0 saturated heterocycles.